The van der Waals surface area contributed by atoms with Crippen LogP contribution in [0, 0.1) is 0 Å². The molecule has 0 radical (unpaired) electrons. The van der Waals surface area contributed by atoms with Crippen LogP contribution in [-0.2, 0) is 0 Å². The molecule has 0 aromatic carbocycles. The van der Waals surface area contributed by atoms with Gasteiger partial charge in [-0.1, -0.05) is 0 Å². The van der Waals surface area contributed by atoms with Crippen molar-refractivity contribution in [3.05, 3.63) is 17.8 Å². The number of hydrogen-bond donors (Lipinski definition) is 3. The number of nitrogen functional groups attached to an aromatic ring is 1. The number of anilines is 1. The number of alkyl halides is 1. The van der Waals surface area contributed by atoms with Crippen molar-refractivity contribution in [2.45, 2.75) is 12.2 Å². The second-order valence-electron chi connectivity index (χ2n) is 3.00. The predicted octanol–water partition coefficient (Wildman–Crippen LogP) is 0.306. The Hall–Kier alpha value is -1.04. The topological polar surface area (TPSA) is 88.6 Å². The first-order valence-electron chi connectivity index (χ1n) is 4.32. The molecule has 2 unspecified atom stereocenters. The van der Waals surface area contributed by atoms with Gasteiger partial charge < -0.3 is 20.7 Å². The summed E-state index contributed by atoms with van der Waals surface area (Å²) in [6, 6.07) is 3.06. The van der Waals surface area contributed by atoms with Gasteiger partial charge in [-0.25, -0.2) is 4.98 Å². The molecule has 0 aliphatic heterocycles. The monoisotopic (exact) mass is 232 g/mol. The maximum absolute atomic E-state index is 9.61. The smallest absolute Gasteiger partial charge is 0.237 e. The maximum atomic E-state index is 9.61. The number of methoxy groups -OCH3 is 1. The fourth-order valence-corrected chi connectivity index (χ4v) is 1.24. The van der Waals surface area contributed by atoms with Crippen LogP contribution in [0.3, 0.4) is 0 Å². The van der Waals surface area contributed by atoms with Crippen LogP contribution >= 0.6 is 11.6 Å². The van der Waals surface area contributed by atoms with Crippen molar-refractivity contribution < 1.29 is 14.9 Å². The van der Waals surface area contributed by atoms with Gasteiger partial charge in [0.15, 0.2) is 0 Å². The number of ether oxygens (including phenoxy) is 1. The molecule has 0 saturated heterocycles. The molecule has 15 heavy (non-hydrogen) atoms. The minimum Gasteiger partial charge on any atom is -0.480 e. The van der Waals surface area contributed by atoms with Gasteiger partial charge in [0.05, 0.1) is 30.5 Å². The average molecular weight is 233 g/mol. The van der Waals surface area contributed by atoms with Crippen molar-refractivity contribution >= 4 is 17.3 Å². The summed E-state index contributed by atoms with van der Waals surface area (Å²) in [5.41, 5.74) is 6.19. The number of nitrogens with two attached hydrogens (primary N) is 1. The minimum absolute atomic E-state index is 0.0739. The highest BCUT2D eigenvalue weighted by molar-refractivity contribution is 6.18. The van der Waals surface area contributed by atoms with Gasteiger partial charge in [0.25, 0.3) is 0 Å². The Morgan fingerprint density at radius 1 is 1.53 bits per heavy atom. The van der Waals surface area contributed by atoms with Gasteiger partial charge in [0, 0.05) is 0 Å². The molecule has 0 aliphatic carbocycles. The Bertz CT molecular complexity index is 335. The molecular formula is C9H13ClN2O3. The first-order valence-corrected chi connectivity index (χ1v) is 4.86. The fraction of sp³-hybridized carbons (Fsp3) is 0.444. The maximum Gasteiger partial charge on any atom is 0.237 e. The Balaban J connectivity index is 2.95. The molecule has 2 atom stereocenters. The lowest BCUT2D eigenvalue weighted by Crippen LogP contribution is -2.20. The quantitative estimate of drug-likeness (QED) is 0.650. The molecule has 6 heteroatoms. The van der Waals surface area contributed by atoms with Crippen LogP contribution in [0.1, 0.15) is 11.8 Å². The highest BCUT2D eigenvalue weighted by atomic mass is 35.5. The fourth-order valence-electron chi connectivity index (χ4n) is 1.08. The van der Waals surface area contributed by atoms with Gasteiger partial charge in [-0.2, -0.15) is 0 Å². The van der Waals surface area contributed by atoms with Crippen LogP contribution in [-0.4, -0.2) is 34.3 Å². The second-order valence-corrected chi connectivity index (χ2v) is 3.31. The average Bonchev–Trinajstić information content (AvgIpc) is 2.27. The lowest BCUT2D eigenvalue weighted by Gasteiger charge is -2.15. The molecule has 1 aromatic rings. The van der Waals surface area contributed by atoms with Gasteiger partial charge in [0.1, 0.15) is 6.10 Å². The predicted molar refractivity (Wildman–Crippen MR) is 56.9 cm³/mol. The van der Waals surface area contributed by atoms with Gasteiger partial charge in [0.2, 0.25) is 5.88 Å². The number of hydrogen-bond acceptors (Lipinski definition) is 5. The molecule has 1 rings (SSSR count). The lowest BCUT2D eigenvalue weighted by molar-refractivity contribution is 0.0297. The summed E-state index contributed by atoms with van der Waals surface area (Å²) in [4.78, 5) is 3.94. The first kappa shape index (κ1) is 12.0. The molecule has 0 bridgehead atoms. The van der Waals surface area contributed by atoms with E-state index < -0.39 is 12.2 Å². The Labute approximate surface area is 92.5 Å². The zero-order valence-electron chi connectivity index (χ0n) is 8.22. The summed E-state index contributed by atoms with van der Waals surface area (Å²) >= 11 is 5.41. The molecular weight excluding hydrogens is 220 g/mol. The van der Waals surface area contributed by atoms with Gasteiger partial charge in [-0.15, -0.1) is 11.6 Å². The number of aliphatic hydroxyl groups excluding tert-OH is 2. The van der Waals surface area contributed by atoms with Crippen molar-refractivity contribution in [1.29, 1.82) is 0 Å². The number of rotatable bonds is 4. The largest absolute Gasteiger partial charge is 0.480 e. The van der Waals surface area contributed by atoms with E-state index in [1.165, 1.54) is 13.2 Å². The summed E-state index contributed by atoms with van der Waals surface area (Å²) in [5.74, 6) is 0.142. The summed E-state index contributed by atoms with van der Waals surface area (Å²) in [7, 11) is 1.42. The highest BCUT2D eigenvalue weighted by Gasteiger charge is 2.19. The number of nitrogens with zero attached hydrogens (tertiary/aromatic N) is 1. The zero-order chi connectivity index (χ0) is 11.4. The number of pyridine rings is 1. The number of halogens is 1. The summed E-state index contributed by atoms with van der Waals surface area (Å²) < 4.78 is 4.89. The van der Waals surface area contributed by atoms with Crippen LogP contribution < -0.4 is 10.5 Å². The third kappa shape index (κ3) is 2.71. The van der Waals surface area contributed by atoms with E-state index in [2.05, 4.69) is 4.98 Å². The molecule has 1 aromatic heterocycles. The molecule has 0 spiro atoms. The van der Waals surface area contributed by atoms with Crippen LogP contribution in [0.15, 0.2) is 12.1 Å². The minimum atomic E-state index is -1.14. The van der Waals surface area contributed by atoms with Crippen molar-refractivity contribution in [2.75, 3.05) is 18.7 Å². The van der Waals surface area contributed by atoms with E-state index in [0.29, 0.717) is 5.69 Å². The Morgan fingerprint density at radius 3 is 2.73 bits per heavy atom. The third-order valence-electron chi connectivity index (χ3n) is 1.93. The third-order valence-corrected chi connectivity index (χ3v) is 2.25. The van der Waals surface area contributed by atoms with E-state index in [0.717, 1.165) is 0 Å². The zero-order valence-corrected chi connectivity index (χ0v) is 8.98. The summed E-state index contributed by atoms with van der Waals surface area (Å²) in [6.07, 6.45) is -2.20. The molecule has 0 aliphatic rings. The first-order chi connectivity index (χ1) is 7.10. The SMILES string of the molecule is COc1nc(C(O)C(O)CCl)ccc1N. The number of aliphatic hydroxyl groups is 2. The van der Waals surface area contributed by atoms with Gasteiger partial charge in [-0.05, 0) is 12.1 Å². The molecule has 0 amide bonds. The van der Waals surface area contributed by atoms with Gasteiger partial charge >= 0.3 is 0 Å². The second kappa shape index (κ2) is 5.16. The normalized spacial score (nSPS) is 14.7. The highest BCUT2D eigenvalue weighted by Crippen LogP contribution is 2.23. The van der Waals surface area contributed by atoms with Crippen molar-refractivity contribution in [3.8, 4) is 5.88 Å². The van der Waals surface area contributed by atoms with Crippen molar-refractivity contribution in [3.63, 3.8) is 0 Å². The van der Waals surface area contributed by atoms with E-state index in [1.54, 1.807) is 6.07 Å². The standard InChI is InChI=1S/C9H13ClN2O3/c1-15-9-5(11)2-3-6(12-9)8(14)7(13)4-10/h2-3,7-8,13-14H,4,11H2,1H3. The van der Waals surface area contributed by atoms with E-state index in [4.69, 9.17) is 22.1 Å². The molecule has 1 heterocycles. The van der Waals surface area contributed by atoms with E-state index in [-0.39, 0.29) is 17.5 Å². The van der Waals surface area contributed by atoms with Crippen LogP contribution in [0.5, 0.6) is 5.88 Å². The summed E-state index contributed by atoms with van der Waals surface area (Å²) in [6.45, 7) is 0. The van der Waals surface area contributed by atoms with Crippen LogP contribution in [0.25, 0.3) is 0 Å². The molecule has 84 valence electrons. The van der Waals surface area contributed by atoms with E-state index >= 15 is 0 Å². The van der Waals surface area contributed by atoms with E-state index in [9.17, 15) is 10.2 Å². The molecule has 4 N–H and O–H groups in total. The van der Waals surface area contributed by atoms with Crippen molar-refractivity contribution in [1.82, 2.24) is 4.98 Å². The van der Waals surface area contributed by atoms with Gasteiger partial charge in [-0.3, -0.25) is 0 Å². The Kier molecular flexibility index (Phi) is 4.14. The number of aromatic nitrogens is 1. The molecule has 5 nitrogen and oxygen atoms in total. The van der Waals surface area contributed by atoms with E-state index in [1.807, 2.05) is 0 Å². The van der Waals surface area contributed by atoms with Crippen molar-refractivity contribution in [2.24, 2.45) is 0 Å². The molecule has 0 fully saturated rings. The Morgan fingerprint density at radius 2 is 2.20 bits per heavy atom. The lowest BCUT2D eigenvalue weighted by atomic mass is 10.1. The summed E-state index contributed by atoms with van der Waals surface area (Å²) in [5, 5.41) is 18.9. The van der Waals surface area contributed by atoms with Crippen LogP contribution in [0.4, 0.5) is 5.69 Å². The molecule has 0 saturated carbocycles. The van der Waals surface area contributed by atoms with Crippen LogP contribution in [0.2, 0.25) is 0 Å².